The van der Waals surface area contributed by atoms with Crippen LogP contribution in [-0.2, 0) is 27.9 Å². The minimum absolute atomic E-state index is 0.127. The van der Waals surface area contributed by atoms with Crippen molar-refractivity contribution >= 4 is 32.7 Å². The normalized spacial score (nSPS) is 21.3. The molecule has 1 aliphatic heterocycles. The van der Waals surface area contributed by atoms with Crippen LogP contribution < -0.4 is 4.90 Å². The number of halogens is 1. The fourth-order valence-electron chi connectivity index (χ4n) is 3.74. The summed E-state index contributed by atoms with van der Waals surface area (Å²) in [5.41, 5.74) is 3.48. The van der Waals surface area contributed by atoms with Crippen molar-refractivity contribution in [3.8, 4) is 0 Å². The van der Waals surface area contributed by atoms with Crippen molar-refractivity contribution in [3.63, 3.8) is 0 Å². The van der Waals surface area contributed by atoms with Gasteiger partial charge in [-0.25, -0.2) is 0 Å². The lowest BCUT2D eigenvalue weighted by atomic mass is 9.92. The monoisotopic (exact) mass is 348 g/mol. The fraction of sp³-hybridized carbons (Fsp3) is 0.412. The Balaban J connectivity index is 1.91. The molecule has 2 aromatic rings. The predicted molar refractivity (Wildman–Crippen MR) is 89.2 cm³/mol. The first-order valence-electron chi connectivity index (χ1n) is 8.09. The van der Waals surface area contributed by atoms with E-state index in [0.717, 1.165) is 53.5 Å². The number of benzene rings is 1. The SMILES string of the molecule is O=C1CC(S(=O)(=O)F)CN1c1c2c(nc3ccccc13)CCCC2. The summed E-state index contributed by atoms with van der Waals surface area (Å²) in [5, 5.41) is -0.459. The summed E-state index contributed by atoms with van der Waals surface area (Å²) >= 11 is 0. The van der Waals surface area contributed by atoms with Gasteiger partial charge in [0.2, 0.25) is 5.91 Å². The Morgan fingerprint density at radius 1 is 1.17 bits per heavy atom. The second-order valence-corrected chi connectivity index (χ2v) is 8.03. The number of carbonyl (C=O) groups is 1. The molecular weight excluding hydrogens is 331 g/mol. The molecule has 4 rings (SSSR count). The van der Waals surface area contributed by atoms with E-state index in [9.17, 15) is 17.1 Å². The molecule has 1 unspecified atom stereocenters. The third-order valence-corrected chi connectivity index (χ3v) is 6.01. The number of nitrogens with zero attached hydrogens (tertiary/aromatic N) is 2. The van der Waals surface area contributed by atoms with E-state index in [0.29, 0.717) is 0 Å². The molecular formula is C17H17FN2O3S. The van der Waals surface area contributed by atoms with Crippen molar-refractivity contribution in [1.82, 2.24) is 4.98 Å². The molecule has 0 spiro atoms. The lowest BCUT2D eigenvalue weighted by molar-refractivity contribution is -0.117. The lowest BCUT2D eigenvalue weighted by Crippen LogP contribution is -2.29. The van der Waals surface area contributed by atoms with Gasteiger partial charge in [0.1, 0.15) is 5.25 Å². The minimum Gasteiger partial charge on any atom is -0.310 e. The van der Waals surface area contributed by atoms with Gasteiger partial charge in [-0.05, 0) is 37.3 Å². The second-order valence-electron chi connectivity index (χ2n) is 6.42. The molecule has 126 valence electrons. The molecule has 1 aliphatic carbocycles. The lowest BCUT2D eigenvalue weighted by Gasteiger charge is -2.26. The number of fused-ring (bicyclic) bond motifs is 2. The highest BCUT2D eigenvalue weighted by Gasteiger charge is 2.40. The summed E-state index contributed by atoms with van der Waals surface area (Å²) in [6, 6.07) is 7.52. The number of anilines is 1. The van der Waals surface area contributed by atoms with Crippen molar-refractivity contribution in [1.29, 1.82) is 0 Å². The molecule has 0 N–H and O–H groups in total. The summed E-state index contributed by atoms with van der Waals surface area (Å²) in [5.74, 6) is -0.342. The topological polar surface area (TPSA) is 67.3 Å². The minimum atomic E-state index is -4.73. The van der Waals surface area contributed by atoms with Gasteiger partial charge in [0, 0.05) is 24.0 Å². The van der Waals surface area contributed by atoms with Gasteiger partial charge in [0.05, 0.1) is 11.2 Å². The number of aromatic nitrogens is 1. The highest BCUT2D eigenvalue weighted by atomic mass is 32.3. The van der Waals surface area contributed by atoms with Crippen LogP contribution in [0.3, 0.4) is 0 Å². The second kappa shape index (κ2) is 5.51. The van der Waals surface area contributed by atoms with E-state index in [-0.39, 0.29) is 18.9 Å². The number of aryl methyl sites for hydroxylation is 1. The molecule has 2 aliphatic rings. The first kappa shape index (κ1) is 15.5. The van der Waals surface area contributed by atoms with Crippen LogP contribution in [0.2, 0.25) is 0 Å². The van der Waals surface area contributed by atoms with Gasteiger partial charge in [-0.15, -0.1) is 3.89 Å². The molecule has 1 aromatic heterocycles. The molecule has 1 saturated heterocycles. The van der Waals surface area contributed by atoms with Gasteiger partial charge in [-0.1, -0.05) is 18.2 Å². The maximum absolute atomic E-state index is 13.4. The van der Waals surface area contributed by atoms with Gasteiger partial charge in [-0.3, -0.25) is 9.78 Å². The van der Waals surface area contributed by atoms with Crippen molar-refractivity contribution in [3.05, 3.63) is 35.5 Å². The molecule has 2 heterocycles. The van der Waals surface area contributed by atoms with Crippen molar-refractivity contribution in [2.75, 3.05) is 11.4 Å². The number of amides is 1. The molecule has 1 atom stereocenters. The Bertz CT molecular complexity index is 942. The molecule has 5 nitrogen and oxygen atoms in total. The number of pyridine rings is 1. The van der Waals surface area contributed by atoms with E-state index in [1.54, 1.807) is 0 Å². The zero-order valence-electron chi connectivity index (χ0n) is 13.0. The number of hydrogen-bond acceptors (Lipinski definition) is 4. The van der Waals surface area contributed by atoms with E-state index in [2.05, 4.69) is 0 Å². The molecule has 1 aromatic carbocycles. The van der Waals surface area contributed by atoms with E-state index in [1.165, 1.54) is 4.90 Å². The standard InChI is InChI=1S/C17H17FN2O3S/c18-24(22,23)11-9-16(21)20(10-11)17-12-5-1-3-7-14(12)19-15-8-4-2-6-13(15)17/h1,3,5,7,11H,2,4,6,8-10H2. The molecule has 24 heavy (non-hydrogen) atoms. The highest BCUT2D eigenvalue weighted by molar-refractivity contribution is 7.87. The molecule has 0 bridgehead atoms. The quantitative estimate of drug-likeness (QED) is 0.782. The first-order valence-corrected chi connectivity index (χ1v) is 9.54. The highest BCUT2D eigenvalue weighted by Crippen LogP contribution is 2.38. The zero-order valence-corrected chi connectivity index (χ0v) is 13.9. The van der Waals surface area contributed by atoms with Gasteiger partial charge < -0.3 is 4.90 Å². The smallest absolute Gasteiger partial charge is 0.307 e. The van der Waals surface area contributed by atoms with Crippen LogP contribution in [-0.4, -0.2) is 31.1 Å². The summed E-state index contributed by atoms with van der Waals surface area (Å²) in [6.07, 6.45) is 3.41. The summed E-state index contributed by atoms with van der Waals surface area (Å²) < 4.78 is 35.9. The maximum atomic E-state index is 13.4. The van der Waals surface area contributed by atoms with Crippen molar-refractivity contribution in [2.24, 2.45) is 0 Å². The van der Waals surface area contributed by atoms with E-state index < -0.39 is 15.5 Å². The average Bonchev–Trinajstić information content (AvgIpc) is 2.94. The van der Waals surface area contributed by atoms with Crippen LogP contribution >= 0.6 is 0 Å². The van der Waals surface area contributed by atoms with Crippen LogP contribution in [0, 0.1) is 0 Å². The number of carbonyl (C=O) groups excluding carboxylic acids is 1. The van der Waals surface area contributed by atoms with Crippen LogP contribution in [0.4, 0.5) is 9.57 Å². The zero-order chi connectivity index (χ0) is 16.9. The van der Waals surface area contributed by atoms with E-state index in [4.69, 9.17) is 4.98 Å². The molecule has 1 amide bonds. The van der Waals surface area contributed by atoms with Crippen LogP contribution in [0.15, 0.2) is 24.3 Å². The first-order chi connectivity index (χ1) is 11.4. The van der Waals surface area contributed by atoms with E-state index in [1.807, 2.05) is 24.3 Å². The van der Waals surface area contributed by atoms with Crippen LogP contribution in [0.1, 0.15) is 30.5 Å². The molecule has 7 heteroatoms. The van der Waals surface area contributed by atoms with Gasteiger partial charge in [-0.2, -0.15) is 8.42 Å². The summed E-state index contributed by atoms with van der Waals surface area (Å²) in [6.45, 7) is -0.127. The Morgan fingerprint density at radius 2 is 1.92 bits per heavy atom. The van der Waals surface area contributed by atoms with Crippen LogP contribution in [0.25, 0.3) is 10.9 Å². The Labute approximate surface area is 139 Å². The number of hydrogen-bond donors (Lipinski definition) is 0. The summed E-state index contributed by atoms with van der Waals surface area (Å²) in [4.78, 5) is 18.6. The van der Waals surface area contributed by atoms with Crippen molar-refractivity contribution < 1.29 is 17.1 Å². The largest absolute Gasteiger partial charge is 0.310 e. The third-order valence-electron chi connectivity index (χ3n) is 4.90. The Hall–Kier alpha value is -2.02. The van der Waals surface area contributed by atoms with Gasteiger partial charge >= 0.3 is 10.2 Å². The fourth-order valence-corrected chi connectivity index (χ4v) is 4.40. The number of rotatable bonds is 2. The molecule has 0 saturated carbocycles. The summed E-state index contributed by atoms with van der Waals surface area (Å²) in [7, 11) is -4.73. The number of para-hydroxylation sites is 1. The van der Waals surface area contributed by atoms with Crippen molar-refractivity contribution in [2.45, 2.75) is 37.4 Å². The molecule has 0 radical (unpaired) electrons. The third kappa shape index (κ3) is 2.47. The van der Waals surface area contributed by atoms with E-state index >= 15 is 0 Å². The van der Waals surface area contributed by atoms with Crippen LogP contribution in [0.5, 0.6) is 0 Å². The Kier molecular flexibility index (Phi) is 3.56. The van der Waals surface area contributed by atoms with Gasteiger partial charge in [0.15, 0.2) is 0 Å². The maximum Gasteiger partial charge on any atom is 0.307 e. The molecule has 1 fully saturated rings. The van der Waals surface area contributed by atoms with Gasteiger partial charge in [0.25, 0.3) is 0 Å². The predicted octanol–water partition coefficient (Wildman–Crippen LogP) is 2.52. The average molecular weight is 348 g/mol. The Morgan fingerprint density at radius 3 is 2.67 bits per heavy atom.